The molecule has 2 heterocycles. The van der Waals surface area contributed by atoms with Crippen LogP contribution in [0.2, 0.25) is 0 Å². The zero-order chi connectivity index (χ0) is 25.7. The van der Waals surface area contributed by atoms with E-state index < -0.39 is 30.5 Å². The third kappa shape index (κ3) is 5.96. The normalized spacial score (nSPS) is 17.4. The number of hydrogen-bond acceptors (Lipinski definition) is 8. The van der Waals surface area contributed by atoms with E-state index in [1.54, 1.807) is 0 Å². The number of benzene rings is 2. The van der Waals surface area contributed by atoms with E-state index in [2.05, 4.69) is 56.6 Å². The maximum absolute atomic E-state index is 12.2. The SMILES string of the molecule is Cc1nc(CC2OCC(c3ccc(N(C)c4ccccc4)cc3)CO2)nc(C(=O)NCC(=O)O)c1O. The van der Waals surface area contributed by atoms with Crippen molar-refractivity contribution in [3.8, 4) is 5.75 Å². The Kier molecular flexibility index (Phi) is 7.77. The third-order valence-electron chi connectivity index (χ3n) is 5.93. The maximum Gasteiger partial charge on any atom is 0.322 e. The van der Waals surface area contributed by atoms with Gasteiger partial charge in [-0.25, -0.2) is 9.97 Å². The topological polar surface area (TPSA) is 134 Å². The number of carboxylic acids is 1. The lowest BCUT2D eigenvalue weighted by Gasteiger charge is -2.30. The van der Waals surface area contributed by atoms with E-state index in [0.29, 0.717) is 13.2 Å². The van der Waals surface area contributed by atoms with Gasteiger partial charge in [-0.15, -0.1) is 0 Å². The molecule has 1 saturated heterocycles. The van der Waals surface area contributed by atoms with Gasteiger partial charge in [0.05, 0.1) is 25.3 Å². The molecule has 0 aliphatic carbocycles. The molecule has 1 aliphatic rings. The second kappa shape index (κ2) is 11.1. The molecule has 10 heteroatoms. The highest BCUT2D eigenvalue weighted by atomic mass is 16.7. The number of anilines is 2. The Balaban J connectivity index is 1.35. The van der Waals surface area contributed by atoms with Gasteiger partial charge in [0.1, 0.15) is 12.4 Å². The lowest BCUT2D eigenvalue weighted by atomic mass is 9.99. The number of aryl methyl sites for hydroxylation is 1. The molecule has 1 amide bonds. The molecule has 3 N–H and O–H groups in total. The van der Waals surface area contributed by atoms with Crippen LogP contribution in [0, 0.1) is 6.92 Å². The number of nitrogens with zero attached hydrogens (tertiary/aromatic N) is 3. The molecule has 0 radical (unpaired) electrons. The summed E-state index contributed by atoms with van der Waals surface area (Å²) in [4.78, 5) is 33.4. The molecular formula is C26H28N4O6. The minimum absolute atomic E-state index is 0.0668. The van der Waals surface area contributed by atoms with Crippen molar-refractivity contribution in [2.24, 2.45) is 0 Å². The summed E-state index contributed by atoms with van der Waals surface area (Å²) in [5.74, 6) is -2.08. The molecule has 0 unspecified atom stereocenters. The lowest BCUT2D eigenvalue weighted by Crippen LogP contribution is -2.33. The van der Waals surface area contributed by atoms with E-state index in [1.807, 2.05) is 25.2 Å². The van der Waals surface area contributed by atoms with Gasteiger partial charge in [0.15, 0.2) is 17.7 Å². The molecule has 0 saturated carbocycles. The van der Waals surface area contributed by atoms with Gasteiger partial charge < -0.3 is 29.9 Å². The van der Waals surface area contributed by atoms with Crippen molar-refractivity contribution in [3.63, 3.8) is 0 Å². The minimum Gasteiger partial charge on any atom is -0.504 e. The summed E-state index contributed by atoms with van der Waals surface area (Å²) >= 11 is 0. The van der Waals surface area contributed by atoms with Crippen molar-refractivity contribution < 1.29 is 29.3 Å². The number of carboxylic acid groups (broad SMARTS) is 1. The smallest absolute Gasteiger partial charge is 0.322 e. The van der Waals surface area contributed by atoms with Gasteiger partial charge in [-0.05, 0) is 36.8 Å². The van der Waals surface area contributed by atoms with Crippen molar-refractivity contribution in [1.82, 2.24) is 15.3 Å². The van der Waals surface area contributed by atoms with E-state index in [4.69, 9.17) is 14.6 Å². The average molecular weight is 493 g/mol. The molecular weight excluding hydrogens is 464 g/mol. The average Bonchev–Trinajstić information content (AvgIpc) is 2.90. The summed E-state index contributed by atoms with van der Waals surface area (Å²) in [5.41, 5.74) is 3.20. The second-order valence-electron chi connectivity index (χ2n) is 8.48. The van der Waals surface area contributed by atoms with E-state index >= 15 is 0 Å². The molecule has 3 aromatic rings. The maximum atomic E-state index is 12.2. The first kappa shape index (κ1) is 25.1. The summed E-state index contributed by atoms with van der Waals surface area (Å²) in [6.07, 6.45) is -0.433. The van der Waals surface area contributed by atoms with E-state index in [0.717, 1.165) is 16.9 Å². The number of rotatable bonds is 8. The first-order chi connectivity index (χ1) is 17.3. The van der Waals surface area contributed by atoms with Crippen LogP contribution in [0.25, 0.3) is 0 Å². The van der Waals surface area contributed by atoms with Crippen LogP contribution in [-0.4, -0.2) is 65.2 Å². The summed E-state index contributed by atoms with van der Waals surface area (Å²) in [6.45, 7) is 1.84. The molecule has 1 fully saturated rings. The quantitative estimate of drug-likeness (QED) is 0.434. The molecule has 0 spiro atoms. The number of nitrogens with one attached hydrogen (secondary N) is 1. The lowest BCUT2D eigenvalue weighted by molar-refractivity contribution is -0.186. The van der Waals surface area contributed by atoms with Crippen LogP contribution >= 0.6 is 0 Å². The molecule has 1 aliphatic heterocycles. The monoisotopic (exact) mass is 492 g/mol. The van der Waals surface area contributed by atoms with Crippen molar-refractivity contribution in [1.29, 1.82) is 0 Å². The predicted molar refractivity (Wildman–Crippen MR) is 131 cm³/mol. The molecule has 10 nitrogen and oxygen atoms in total. The number of aromatic hydroxyl groups is 1. The number of amides is 1. The number of ether oxygens (including phenoxy) is 2. The van der Waals surface area contributed by atoms with Crippen LogP contribution in [0.15, 0.2) is 54.6 Å². The fraction of sp³-hybridized carbons (Fsp3) is 0.308. The Morgan fingerprint density at radius 2 is 1.67 bits per heavy atom. The Morgan fingerprint density at radius 1 is 1.03 bits per heavy atom. The van der Waals surface area contributed by atoms with Crippen molar-refractivity contribution >= 4 is 23.3 Å². The fourth-order valence-corrected chi connectivity index (χ4v) is 3.89. The van der Waals surface area contributed by atoms with Crippen molar-refractivity contribution in [2.75, 3.05) is 31.7 Å². The van der Waals surface area contributed by atoms with Gasteiger partial charge in [0, 0.05) is 24.3 Å². The molecule has 188 valence electrons. The molecule has 4 rings (SSSR count). The van der Waals surface area contributed by atoms with Crippen molar-refractivity contribution in [2.45, 2.75) is 25.6 Å². The highest BCUT2D eigenvalue weighted by Crippen LogP contribution is 2.28. The number of hydrogen-bond donors (Lipinski definition) is 3. The molecule has 36 heavy (non-hydrogen) atoms. The second-order valence-corrected chi connectivity index (χ2v) is 8.48. The summed E-state index contributed by atoms with van der Waals surface area (Å²) in [7, 11) is 2.02. The standard InChI is InChI=1S/C26H28N4O6/c1-16-25(33)24(26(34)27-13-22(31)32)29-21(28-16)12-23-35-14-18(15-36-23)17-8-10-20(11-9-17)30(2)19-6-4-3-5-7-19/h3-11,18,23,33H,12-15H2,1-2H3,(H,27,34)(H,31,32). The summed E-state index contributed by atoms with van der Waals surface area (Å²) in [6, 6.07) is 18.4. The van der Waals surface area contributed by atoms with Crippen LogP contribution in [0.4, 0.5) is 11.4 Å². The van der Waals surface area contributed by atoms with E-state index in [9.17, 15) is 14.7 Å². The Labute approximate surface area is 208 Å². The van der Waals surface area contributed by atoms with Crippen LogP contribution in [0.3, 0.4) is 0 Å². The molecule has 1 aromatic heterocycles. The largest absolute Gasteiger partial charge is 0.504 e. The van der Waals surface area contributed by atoms with Gasteiger partial charge in [0.2, 0.25) is 0 Å². The third-order valence-corrected chi connectivity index (χ3v) is 5.93. The van der Waals surface area contributed by atoms with Crippen LogP contribution in [0.5, 0.6) is 5.75 Å². The number of para-hydroxylation sites is 1. The zero-order valence-electron chi connectivity index (χ0n) is 20.0. The summed E-state index contributed by atoms with van der Waals surface area (Å²) in [5, 5.41) is 21.1. The van der Waals surface area contributed by atoms with Crippen LogP contribution in [0.1, 0.15) is 33.5 Å². The van der Waals surface area contributed by atoms with E-state index in [-0.39, 0.29) is 29.6 Å². The first-order valence-electron chi connectivity index (χ1n) is 11.5. The predicted octanol–water partition coefficient (Wildman–Crippen LogP) is 2.77. The number of carbonyl (C=O) groups excluding carboxylic acids is 1. The van der Waals surface area contributed by atoms with Gasteiger partial charge in [-0.3, -0.25) is 9.59 Å². The minimum atomic E-state index is -1.20. The van der Waals surface area contributed by atoms with Gasteiger partial charge in [-0.1, -0.05) is 30.3 Å². The zero-order valence-corrected chi connectivity index (χ0v) is 20.0. The van der Waals surface area contributed by atoms with E-state index in [1.165, 1.54) is 6.92 Å². The van der Waals surface area contributed by atoms with Crippen LogP contribution in [-0.2, 0) is 20.7 Å². The summed E-state index contributed by atoms with van der Waals surface area (Å²) < 4.78 is 11.8. The number of carbonyl (C=O) groups is 2. The number of aromatic nitrogens is 2. The molecule has 0 bridgehead atoms. The molecule has 0 atom stereocenters. The van der Waals surface area contributed by atoms with Crippen molar-refractivity contribution in [3.05, 3.63) is 77.4 Å². The fourth-order valence-electron chi connectivity index (χ4n) is 3.89. The van der Waals surface area contributed by atoms with Gasteiger partial charge >= 0.3 is 5.97 Å². The molecule has 2 aromatic carbocycles. The first-order valence-corrected chi connectivity index (χ1v) is 11.5. The highest BCUT2D eigenvalue weighted by Gasteiger charge is 2.26. The number of aliphatic carboxylic acids is 1. The highest BCUT2D eigenvalue weighted by molar-refractivity contribution is 5.96. The Morgan fingerprint density at radius 3 is 2.31 bits per heavy atom. The Hall–Kier alpha value is -4.02. The van der Waals surface area contributed by atoms with Gasteiger partial charge in [-0.2, -0.15) is 0 Å². The Bertz CT molecular complexity index is 1210. The van der Waals surface area contributed by atoms with Gasteiger partial charge in [0.25, 0.3) is 5.91 Å². The van der Waals surface area contributed by atoms with Crippen LogP contribution < -0.4 is 10.2 Å².